The summed E-state index contributed by atoms with van der Waals surface area (Å²) in [6.45, 7) is 19.9. The van der Waals surface area contributed by atoms with Crippen LogP contribution in [0.1, 0.15) is 101 Å². The summed E-state index contributed by atoms with van der Waals surface area (Å²) in [6, 6.07) is 70.2. The maximum absolute atomic E-state index is 12.6. The monoisotopic (exact) mass is 982 g/mol. The Balaban J connectivity index is 0.845. The van der Waals surface area contributed by atoms with Crippen molar-refractivity contribution in [2.45, 2.75) is 96.2 Å². The second-order valence-electron chi connectivity index (χ2n) is 23.2. The highest BCUT2D eigenvalue weighted by molar-refractivity contribution is 6.47. The van der Waals surface area contributed by atoms with Crippen molar-refractivity contribution < 1.29 is 9.76 Å². The molecule has 5 heteroatoms. The third-order valence-electron chi connectivity index (χ3n) is 17.2. The molecule has 3 aliphatic carbocycles. The fraction of sp³-hybridized carbons (Fsp3) is 0.217. The fourth-order valence-corrected chi connectivity index (χ4v) is 12.9. The quantitative estimate of drug-likeness (QED) is 0.131. The molecule has 0 aromatic heterocycles. The first-order valence-electron chi connectivity index (χ1n) is 26.1. The Bertz CT molecular complexity index is 3700. The van der Waals surface area contributed by atoms with E-state index in [9.17, 15) is 5.11 Å². The zero-order valence-electron chi connectivity index (χ0n) is 43.9. The van der Waals surface area contributed by atoms with E-state index in [0.29, 0.717) is 6.42 Å². The number of para-hydroxylation sites is 1. The fourth-order valence-electron chi connectivity index (χ4n) is 12.6. The zero-order valence-corrected chi connectivity index (χ0v) is 44.7. The maximum Gasteiger partial charge on any atom is 0.330 e. The topological polar surface area (TPSA) is 32.7 Å². The molecule has 0 heterocycles. The van der Waals surface area contributed by atoms with Crippen LogP contribution in [0.25, 0.3) is 55.6 Å². The van der Waals surface area contributed by atoms with Gasteiger partial charge in [-0.05, 0) is 177 Å². The van der Waals surface area contributed by atoms with Crippen molar-refractivity contribution in [3.63, 3.8) is 0 Å². The molecule has 0 spiro atoms. The normalized spacial score (nSPS) is 15.8. The van der Waals surface area contributed by atoms with Gasteiger partial charge in [0.05, 0.1) is 11.2 Å². The molecular formula is C69H62BClNO2. The van der Waals surface area contributed by atoms with E-state index < -0.39 is 11.2 Å². The van der Waals surface area contributed by atoms with Gasteiger partial charge in [0.1, 0.15) is 0 Å². The second kappa shape index (κ2) is 17.3. The number of hydrogen-bond acceptors (Lipinski definition) is 3. The Morgan fingerprint density at radius 3 is 1.82 bits per heavy atom. The summed E-state index contributed by atoms with van der Waals surface area (Å²) in [5.41, 5.74) is 22.4. The maximum atomic E-state index is 12.6. The molecule has 1 N–H and O–H groups in total. The number of hydrogen-bond donors (Lipinski definition) is 1. The van der Waals surface area contributed by atoms with Crippen LogP contribution in [0.15, 0.2) is 194 Å². The Labute approximate surface area is 443 Å². The molecule has 0 amide bonds. The van der Waals surface area contributed by atoms with Gasteiger partial charge in [-0.1, -0.05) is 186 Å². The van der Waals surface area contributed by atoms with E-state index in [4.69, 9.17) is 16.3 Å². The third-order valence-corrected chi connectivity index (χ3v) is 17.5. The van der Waals surface area contributed by atoms with Crippen molar-refractivity contribution >= 4 is 41.6 Å². The molecule has 9 aromatic carbocycles. The molecule has 12 rings (SSSR count). The smallest absolute Gasteiger partial charge is 0.330 e. The van der Waals surface area contributed by atoms with E-state index in [1.54, 1.807) is 0 Å². The lowest BCUT2D eigenvalue weighted by molar-refractivity contribution is -0.101. The average molecular weight is 984 g/mol. The highest BCUT2D eigenvalue weighted by Crippen LogP contribution is 2.59. The van der Waals surface area contributed by atoms with Crippen LogP contribution in [0.4, 0.5) is 17.1 Å². The van der Waals surface area contributed by atoms with Crippen LogP contribution >= 0.6 is 11.6 Å². The first-order valence-corrected chi connectivity index (χ1v) is 26.5. The molecule has 9 aromatic rings. The highest BCUT2D eigenvalue weighted by atomic mass is 35.5. The van der Waals surface area contributed by atoms with Crippen LogP contribution in [-0.2, 0) is 27.3 Å². The predicted octanol–water partition coefficient (Wildman–Crippen LogP) is 17.1. The lowest BCUT2D eigenvalue weighted by Crippen LogP contribution is -2.52. The Morgan fingerprint density at radius 1 is 0.459 bits per heavy atom. The third kappa shape index (κ3) is 7.63. The van der Waals surface area contributed by atoms with Gasteiger partial charge in [0.25, 0.3) is 0 Å². The number of benzene rings is 9. The summed E-state index contributed by atoms with van der Waals surface area (Å²) in [5.74, 6) is 0. The van der Waals surface area contributed by atoms with E-state index in [1.807, 2.05) is 34.3 Å². The zero-order chi connectivity index (χ0) is 51.5. The molecule has 365 valence electrons. The van der Waals surface area contributed by atoms with E-state index in [2.05, 4.69) is 234 Å². The van der Waals surface area contributed by atoms with Crippen molar-refractivity contribution in [2.75, 3.05) is 4.90 Å². The Morgan fingerprint density at radius 2 is 1.04 bits per heavy atom. The molecule has 0 saturated heterocycles. The summed E-state index contributed by atoms with van der Waals surface area (Å²) in [5, 5.41) is 13.4. The summed E-state index contributed by atoms with van der Waals surface area (Å²) in [7, 11) is 1.81. The highest BCUT2D eigenvalue weighted by Gasteiger charge is 2.45. The number of anilines is 3. The van der Waals surface area contributed by atoms with Crippen LogP contribution in [-0.4, -0.2) is 23.8 Å². The van der Waals surface area contributed by atoms with Gasteiger partial charge in [0.15, 0.2) is 0 Å². The van der Waals surface area contributed by atoms with Crippen LogP contribution in [0.2, 0.25) is 5.02 Å². The largest absolute Gasteiger partial charge is 0.427 e. The predicted molar refractivity (Wildman–Crippen MR) is 311 cm³/mol. The van der Waals surface area contributed by atoms with Gasteiger partial charge in [0.2, 0.25) is 0 Å². The molecule has 1 radical (unpaired) electrons. The first kappa shape index (κ1) is 48.0. The Kier molecular flexibility index (Phi) is 11.2. The first-order chi connectivity index (χ1) is 35.3. The average Bonchev–Trinajstić information content (AvgIpc) is 3.90. The summed E-state index contributed by atoms with van der Waals surface area (Å²) >= 11 is 7.02. The van der Waals surface area contributed by atoms with Gasteiger partial charge in [-0.3, -0.25) is 0 Å². The summed E-state index contributed by atoms with van der Waals surface area (Å²) < 4.78 is 6.70. The molecule has 0 fully saturated rings. The van der Waals surface area contributed by atoms with Gasteiger partial charge in [-0.2, -0.15) is 0 Å². The van der Waals surface area contributed by atoms with Crippen molar-refractivity contribution in [2.24, 2.45) is 0 Å². The molecule has 1 unspecified atom stereocenters. The molecule has 0 aliphatic heterocycles. The van der Waals surface area contributed by atoms with Crippen LogP contribution < -0.4 is 10.4 Å². The van der Waals surface area contributed by atoms with Crippen LogP contribution in [0, 0.1) is 0 Å². The number of rotatable bonds is 11. The summed E-state index contributed by atoms with van der Waals surface area (Å²) in [6.07, 6.45) is 0.383. The number of nitrogens with zero attached hydrogens (tertiary/aromatic N) is 1. The van der Waals surface area contributed by atoms with Crippen molar-refractivity contribution in [1.82, 2.24) is 0 Å². The number of aliphatic hydroxyl groups is 1. The van der Waals surface area contributed by atoms with Crippen molar-refractivity contribution in [3.05, 3.63) is 238 Å². The van der Waals surface area contributed by atoms with Crippen molar-refractivity contribution in [3.8, 4) is 55.6 Å². The molecule has 1 atom stereocenters. The summed E-state index contributed by atoms with van der Waals surface area (Å²) in [4.78, 5) is 2.32. The molecule has 0 saturated carbocycles. The van der Waals surface area contributed by atoms with Gasteiger partial charge >= 0.3 is 7.48 Å². The molecule has 0 bridgehead atoms. The van der Waals surface area contributed by atoms with E-state index in [1.165, 1.54) is 77.9 Å². The number of fused-ring (bicyclic) bond motifs is 9. The number of halogens is 1. The standard InChI is InChI=1S/C69H62BClNO2/c1-65(2)57-30-17-16-29-51(57)52-34-33-50(39-59(52)65)72(48-26-14-11-15-27-48)49-28-19-25-47(38-49)70-74-68(7,8)69(9,73)42-43-21-18-24-45(35-43)53-36-46(44-22-12-10-13-23-44)37-55-54-40-61-56(41-60(54)67(5,6)64(53)55)63-58(66(61,3)4)31-20-32-62(63)71/h10-41,73H,42H2,1-9H3. The molecular weight excluding hydrogens is 921 g/mol. The van der Waals surface area contributed by atoms with Gasteiger partial charge in [0, 0.05) is 50.3 Å². The minimum atomic E-state index is -1.25. The van der Waals surface area contributed by atoms with Crippen molar-refractivity contribution in [1.29, 1.82) is 0 Å². The molecule has 3 aliphatic rings. The minimum absolute atomic E-state index is 0.128. The Hall–Kier alpha value is -6.95. The van der Waals surface area contributed by atoms with E-state index in [0.717, 1.165) is 44.2 Å². The second-order valence-corrected chi connectivity index (χ2v) is 23.6. The van der Waals surface area contributed by atoms with Crippen LogP contribution in [0.3, 0.4) is 0 Å². The SMILES string of the molecule is CC1(C)c2ccccc2-c2ccc(N(c3ccccc3)c3cccc([B]OC(C)(C)C(C)(O)Cc4cccc(-c5cc(-c6ccccc6)cc6c5C(C)(C)c5cc7c(cc5-6)C(C)(C)c5cccc(Cl)c5-7)c4)c3)cc21. The molecule has 3 nitrogen and oxygen atoms in total. The lowest BCUT2D eigenvalue weighted by atomic mass is 9.76. The minimum Gasteiger partial charge on any atom is -0.427 e. The van der Waals surface area contributed by atoms with Gasteiger partial charge < -0.3 is 14.7 Å². The van der Waals surface area contributed by atoms with Gasteiger partial charge in [-0.25, -0.2) is 0 Å². The van der Waals surface area contributed by atoms with E-state index in [-0.39, 0.29) is 16.2 Å². The van der Waals surface area contributed by atoms with Crippen LogP contribution in [0.5, 0.6) is 0 Å². The lowest BCUT2D eigenvalue weighted by Gasteiger charge is -2.40. The van der Waals surface area contributed by atoms with E-state index >= 15 is 0 Å². The molecule has 74 heavy (non-hydrogen) atoms. The van der Waals surface area contributed by atoms with Gasteiger partial charge in [-0.15, -0.1) is 0 Å².